The largest absolute Gasteiger partial charge is 0.493 e. The molecule has 0 bridgehead atoms. The molecule has 146 valence electrons. The van der Waals surface area contributed by atoms with Crippen molar-refractivity contribution in [1.82, 2.24) is 10.6 Å². The van der Waals surface area contributed by atoms with Crippen LogP contribution in [0.1, 0.15) is 46.4 Å². The van der Waals surface area contributed by atoms with Crippen molar-refractivity contribution in [3.05, 3.63) is 45.6 Å². The second-order valence-corrected chi connectivity index (χ2v) is 7.43. The van der Waals surface area contributed by atoms with E-state index in [-0.39, 0.29) is 24.4 Å². The first kappa shape index (κ1) is 20.8. The van der Waals surface area contributed by atoms with Crippen molar-refractivity contribution < 1.29 is 19.1 Å². The Balaban J connectivity index is 1.90. The number of benzene rings is 1. The Morgan fingerprint density at radius 2 is 1.96 bits per heavy atom. The summed E-state index contributed by atoms with van der Waals surface area (Å²) >= 11 is 1.40. The van der Waals surface area contributed by atoms with Crippen molar-refractivity contribution in [3.63, 3.8) is 0 Å². The highest BCUT2D eigenvalue weighted by atomic mass is 32.1. The van der Waals surface area contributed by atoms with E-state index in [1.165, 1.54) is 11.3 Å². The number of rotatable bonds is 9. The van der Waals surface area contributed by atoms with Crippen LogP contribution in [-0.2, 0) is 4.79 Å². The third kappa shape index (κ3) is 5.99. The highest BCUT2D eigenvalue weighted by molar-refractivity contribution is 7.13. The van der Waals surface area contributed by atoms with Gasteiger partial charge in [-0.25, -0.2) is 0 Å². The lowest BCUT2D eigenvalue weighted by Gasteiger charge is -2.17. The van der Waals surface area contributed by atoms with Crippen molar-refractivity contribution in [1.29, 1.82) is 0 Å². The second-order valence-electron chi connectivity index (χ2n) is 6.14. The van der Waals surface area contributed by atoms with Gasteiger partial charge in [-0.1, -0.05) is 13.0 Å². The van der Waals surface area contributed by atoms with Crippen LogP contribution in [0.15, 0.2) is 30.3 Å². The highest BCUT2D eigenvalue weighted by Gasteiger charge is 2.14. The molecule has 27 heavy (non-hydrogen) atoms. The van der Waals surface area contributed by atoms with Crippen molar-refractivity contribution >= 4 is 23.2 Å². The number of hydrogen-bond donors (Lipinski definition) is 2. The van der Waals surface area contributed by atoms with Gasteiger partial charge in [-0.15, -0.1) is 11.3 Å². The van der Waals surface area contributed by atoms with Crippen LogP contribution in [0.5, 0.6) is 11.5 Å². The molecule has 0 radical (unpaired) electrons. The molecule has 0 saturated carbocycles. The molecule has 0 aliphatic rings. The Kier molecular flexibility index (Phi) is 7.67. The molecule has 6 nitrogen and oxygen atoms in total. The number of carbonyl (C=O) groups is 2. The summed E-state index contributed by atoms with van der Waals surface area (Å²) in [5, 5.41) is 5.51. The van der Waals surface area contributed by atoms with Crippen LogP contribution in [0, 0.1) is 6.92 Å². The van der Waals surface area contributed by atoms with Crippen LogP contribution < -0.4 is 20.1 Å². The number of ether oxygens (including phenoxy) is 2. The normalized spacial score (nSPS) is 11.6. The summed E-state index contributed by atoms with van der Waals surface area (Å²) in [4.78, 5) is 25.8. The van der Waals surface area contributed by atoms with E-state index in [0.717, 1.165) is 16.9 Å². The van der Waals surface area contributed by atoms with Gasteiger partial charge in [0.15, 0.2) is 11.5 Å². The Labute approximate surface area is 163 Å². The summed E-state index contributed by atoms with van der Waals surface area (Å²) in [5.41, 5.74) is 0.893. The maximum absolute atomic E-state index is 12.2. The Morgan fingerprint density at radius 1 is 1.19 bits per heavy atom. The van der Waals surface area contributed by atoms with E-state index in [0.29, 0.717) is 23.0 Å². The van der Waals surface area contributed by atoms with Gasteiger partial charge in [0.25, 0.3) is 5.91 Å². The fraction of sp³-hybridized carbons (Fsp3) is 0.400. The van der Waals surface area contributed by atoms with Gasteiger partial charge < -0.3 is 20.1 Å². The molecule has 0 aliphatic heterocycles. The molecule has 7 heteroatoms. The van der Waals surface area contributed by atoms with E-state index in [1.54, 1.807) is 13.2 Å². The molecule has 0 aliphatic carbocycles. The third-order valence-corrected chi connectivity index (χ3v) is 4.90. The van der Waals surface area contributed by atoms with Gasteiger partial charge in [0.2, 0.25) is 5.91 Å². The number of amides is 2. The van der Waals surface area contributed by atoms with Gasteiger partial charge in [0.05, 0.1) is 31.2 Å². The Hall–Kier alpha value is -2.54. The van der Waals surface area contributed by atoms with E-state index in [1.807, 2.05) is 45.0 Å². The zero-order valence-electron chi connectivity index (χ0n) is 16.1. The molecule has 1 heterocycles. The van der Waals surface area contributed by atoms with Crippen LogP contribution in [-0.4, -0.2) is 32.1 Å². The van der Waals surface area contributed by atoms with Crippen molar-refractivity contribution in [2.75, 3.05) is 20.3 Å². The van der Waals surface area contributed by atoms with Crippen molar-refractivity contribution in [2.45, 2.75) is 33.2 Å². The number of nitrogens with one attached hydrogen (secondary N) is 2. The van der Waals surface area contributed by atoms with Crippen LogP contribution in [0.25, 0.3) is 0 Å². The minimum atomic E-state index is -0.255. The number of thiophene rings is 1. The average Bonchev–Trinajstić information content (AvgIpc) is 3.10. The summed E-state index contributed by atoms with van der Waals surface area (Å²) in [7, 11) is 1.59. The Morgan fingerprint density at radius 3 is 2.59 bits per heavy atom. The number of hydrogen-bond acceptors (Lipinski definition) is 5. The maximum atomic E-state index is 12.2. The summed E-state index contributed by atoms with van der Waals surface area (Å²) in [6, 6.07) is 8.99. The molecule has 1 unspecified atom stereocenters. The van der Waals surface area contributed by atoms with Gasteiger partial charge in [0, 0.05) is 4.88 Å². The minimum absolute atomic E-state index is 0.0745. The Bertz CT molecular complexity index is 788. The van der Waals surface area contributed by atoms with Crippen molar-refractivity contribution in [2.24, 2.45) is 0 Å². The molecular weight excluding hydrogens is 364 g/mol. The first-order chi connectivity index (χ1) is 12.9. The smallest absolute Gasteiger partial charge is 0.261 e. The molecule has 1 aromatic carbocycles. The van der Waals surface area contributed by atoms with Crippen LogP contribution in [0.2, 0.25) is 0 Å². The molecule has 1 aromatic heterocycles. The molecule has 2 aromatic rings. The molecular formula is C20H26N2O4S. The van der Waals surface area contributed by atoms with Crippen LogP contribution in [0.4, 0.5) is 0 Å². The monoisotopic (exact) mass is 390 g/mol. The molecule has 0 saturated heterocycles. The summed E-state index contributed by atoms with van der Waals surface area (Å²) < 4.78 is 11.0. The second kappa shape index (κ2) is 9.97. The molecule has 0 spiro atoms. The van der Waals surface area contributed by atoms with Crippen molar-refractivity contribution in [3.8, 4) is 11.5 Å². The number of methoxy groups -OCH3 is 1. The van der Waals surface area contributed by atoms with Gasteiger partial charge in [0.1, 0.15) is 0 Å². The first-order valence-corrected chi connectivity index (χ1v) is 9.71. The van der Waals surface area contributed by atoms with E-state index >= 15 is 0 Å². The zero-order valence-corrected chi connectivity index (χ0v) is 16.9. The molecule has 2 rings (SSSR count). The van der Waals surface area contributed by atoms with E-state index < -0.39 is 0 Å². The predicted octanol–water partition coefficient (Wildman–Crippen LogP) is 3.46. The first-order valence-electron chi connectivity index (χ1n) is 8.89. The summed E-state index contributed by atoms with van der Waals surface area (Å²) in [5.74, 6) is 0.813. The topological polar surface area (TPSA) is 76.7 Å². The SMILES string of the molecule is CCCOc1ccc(C(C)NC(=O)CNC(=O)c2ccc(C)s2)cc1OC. The molecule has 1 atom stereocenters. The fourth-order valence-electron chi connectivity index (χ4n) is 2.46. The summed E-state index contributed by atoms with van der Waals surface area (Å²) in [6.45, 7) is 6.39. The molecule has 0 fully saturated rings. The fourth-order valence-corrected chi connectivity index (χ4v) is 3.25. The number of carbonyl (C=O) groups excluding carboxylic acids is 2. The minimum Gasteiger partial charge on any atom is -0.493 e. The predicted molar refractivity (Wildman–Crippen MR) is 107 cm³/mol. The van der Waals surface area contributed by atoms with E-state index in [9.17, 15) is 9.59 Å². The quantitative estimate of drug-likeness (QED) is 0.687. The molecule has 2 amide bonds. The number of aryl methyl sites for hydroxylation is 1. The van der Waals surface area contributed by atoms with Gasteiger partial charge >= 0.3 is 0 Å². The van der Waals surface area contributed by atoms with E-state index in [4.69, 9.17) is 9.47 Å². The zero-order chi connectivity index (χ0) is 19.8. The molecule has 2 N–H and O–H groups in total. The van der Waals surface area contributed by atoms with Gasteiger partial charge in [-0.05, 0) is 50.1 Å². The van der Waals surface area contributed by atoms with Crippen LogP contribution >= 0.6 is 11.3 Å². The maximum Gasteiger partial charge on any atom is 0.261 e. The third-order valence-electron chi connectivity index (χ3n) is 3.90. The summed E-state index contributed by atoms with van der Waals surface area (Å²) in [6.07, 6.45) is 0.911. The van der Waals surface area contributed by atoms with Gasteiger partial charge in [-0.3, -0.25) is 9.59 Å². The van der Waals surface area contributed by atoms with Crippen LogP contribution in [0.3, 0.4) is 0 Å². The lowest BCUT2D eigenvalue weighted by atomic mass is 10.1. The lowest BCUT2D eigenvalue weighted by Crippen LogP contribution is -2.37. The lowest BCUT2D eigenvalue weighted by molar-refractivity contribution is -0.120. The standard InChI is InChI=1S/C20H26N2O4S/c1-5-10-26-16-8-7-15(11-17(16)25-4)14(3)22-19(23)12-21-20(24)18-9-6-13(2)27-18/h6-9,11,14H,5,10,12H2,1-4H3,(H,21,24)(H,22,23). The average molecular weight is 391 g/mol. The van der Waals surface area contributed by atoms with E-state index in [2.05, 4.69) is 10.6 Å². The highest BCUT2D eigenvalue weighted by Crippen LogP contribution is 2.30. The van der Waals surface area contributed by atoms with Gasteiger partial charge in [-0.2, -0.15) is 0 Å².